The molecule has 0 aromatic carbocycles. The van der Waals surface area contributed by atoms with Crippen LogP contribution >= 0.6 is 0 Å². The first-order valence-electron chi connectivity index (χ1n) is 8.86. The molecule has 1 amide bonds. The van der Waals surface area contributed by atoms with Crippen molar-refractivity contribution in [1.29, 1.82) is 0 Å². The molecule has 128 valence electrons. The molecule has 2 saturated heterocycles. The van der Waals surface area contributed by atoms with E-state index >= 15 is 0 Å². The summed E-state index contributed by atoms with van der Waals surface area (Å²) in [4.78, 5) is 24.6. The number of nitrogens with zero attached hydrogens (tertiary/aromatic N) is 3. The van der Waals surface area contributed by atoms with Gasteiger partial charge in [0.05, 0.1) is 6.04 Å². The largest absolute Gasteiger partial charge is 0.381 e. The Labute approximate surface area is 138 Å². The summed E-state index contributed by atoms with van der Waals surface area (Å²) >= 11 is 0. The van der Waals surface area contributed by atoms with Crippen LogP contribution < -0.4 is 0 Å². The molecule has 0 radical (unpaired) electrons. The maximum absolute atomic E-state index is 12.6. The van der Waals surface area contributed by atoms with E-state index in [-0.39, 0.29) is 11.9 Å². The maximum Gasteiger partial charge on any atom is 0.222 e. The lowest BCUT2D eigenvalue weighted by Gasteiger charge is -2.40. The molecule has 6 heteroatoms. The third kappa shape index (κ3) is 4.12. The summed E-state index contributed by atoms with van der Waals surface area (Å²) in [5, 5.41) is 0. The van der Waals surface area contributed by atoms with E-state index in [9.17, 15) is 4.79 Å². The van der Waals surface area contributed by atoms with Gasteiger partial charge in [0.15, 0.2) is 0 Å². The number of carbonyl (C=O) groups is 1. The van der Waals surface area contributed by atoms with Gasteiger partial charge >= 0.3 is 0 Å². The molecule has 2 atom stereocenters. The molecule has 2 fully saturated rings. The van der Waals surface area contributed by atoms with Crippen LogP contribution in [0.4, 0.5) is 0 Å². The lowest BCUT2D eigenvalue weighted by Crippen LogP contribution is -2.50. The fourth-order valence-corrected chi connectivity index (χ4v) is 3.67. The summed E-state index contributed by atoms with van der Waals surface area (Å²) in [6.45, 7) is 7.33. The Hall–Kier alpha value is -1.40. The van der Waals surface area contributed by atoms with Crippen molar-refractivity contribution in [3.05, 3.63) is 18.2 Å². The summed E-state index contributed by atoms with van der Waals surface area (Å²) in [5.74, 6) is 1.80. The van der Waals surface area contributed by atoms with Crippen molar-refractivity contribution in [3.8, 4) is 0 Å². The van der Waals surface area contributed by atoms with Crippen LogP contribution in [-0.2, 0) is 9.53 Å². The zero-order valence-electron chi connectivity index (χ0n) is 14.0. The standard InChI is InChI=1S/C17H28N4O2/c1-2-20-9-10-21(12-15(20)17-18-7-8-19-17)16(22)6-5-14-4-3-11-23-13-14/h7-8,14-15H,2-6,9-13H2,1H3,(H,18,19). The molecule has 1 aromatic heterocycles. The fourth-order valence-electron chi connectivity index (χ4n) is 3.67. The number of aromatic amines is 1. The Morgan fingerprint density at radius 1 is 1.48 bits per heavy atom. The average molecular weight is 320 g/mol. The van der Waals surface area contributed by atoms with Crippen molar-refractivity contribution in [2.45, 2.75) is 38.6 Å². The van der Waals surface area contributed by atoms with Crippen LogP contribution in [0.5, 0.6) is 0 Å². The molecule has 0 saturated carbocycles. The second-order valence-electron chi connectivity index (χ2n) is 6.58. The molecule has 0 spiro atoms. The maximum atomic E-state index is 12.6. The highest BCUT2D eigenvalue weighted by Crippen LogP contribution is 2.24. The molecule has 3 rings (SSSR count). The van der Waals surface area contributed by atoms with Crippen LogP contribution in [-0.4, -0.2) is 65.1 Å². The van der Waals surface area contributed by atoms with Crippen LogP contribution in [0.3, 0.4) is 0 Å². The van der Waals surface area contributed by atoms with Gasteiger partial charge in [0.2, 0.25) is 5.91 Å². The van der Waals surface area contributed by atoms with Gasteiger partial charge in [0, 0.05) is 51.7 Å². The molecule has 1 aromatic rings. The minimum atomic E-state index is 0.186. The fraction of sp³-hybridized carbons (Fsp3) is 0.765. The first kappa shape index (κ1) is 16.5. The van der Waals surface area contributed by atoms with Crippen molar-refractivity contribution in [2.24, 2.45) is 5.92 Å². The second-order valence-corrected chi connectivity index (χ2v) is 6.58. The summed E-state index contributed by atoms with van der Waals surface area (Å²) in [5.41, 5.74) is 0. The van der Waals surface area contributed by atoms with E-state index in [2.05, 4.69) is 21.8 Å². The number of piperazine rings is 1. The van der Waals surface area contributed by atoms with Gasteiger partial charge in [-0.15, -0.1) is 0 Å². The molecule has 2 aliphatic heterocycles. The van der Waals surface area contributed by atoms with Crippen LogP contribution in [0.1, 0.15) is 44.5 Å². The number of likely N-dealkylation sites (N-methyl/N-ethyl adjacent to an activating group) is 1. The monoisotopic (exact) mass is 320 g/mol. The zero-order chi connectivity index (χ0) is 16.1. The van der Waals surface area contributed by atoms with E-state index in [1.165, 1.54) is 6.42 Å². The molecule has 0 aliphatic carbocycles. The Balaban J connectivity index is 1.54. The van der Waals surface area contributed by atoms with Gasteiger partial charge in [0.25, 0.3) is 0 Å². The summed E-state index contributed by atoms with van der Waals surface area (Å²) < 4.78 is 5.51. The normalized spacial score (nSPS) is 26.4. The number of ether oxygens (including phenoxy) is 1. The highest BCUT2D eigenvalue weighted by molar-refractivity contribution is 5.76. The number of hydrogen-bond acceptors (Lipinski definition) is 4. The highest BCUT2D eigenvalue weighted by Gasteiger charge is 2.31. The first-order chi connectivity index (χ1) is 11.3. The number of hydrogen-bond donors (Lipinski definition) is 1. The third-order valence-corrected chi connectivity index (χ3v) is 5.11. The molecule has 0 bridgehead atoms. The highest BCUT2D eigenvalue weighted by atomic mass is 16.5. The molecular weight excluding hydrogens is 292 g/mol. The molecule has 3 heterocycles. The van der Waals surface area contributed by atoms with Crippen molar-refractivity contribution >= 4 is 5.91 Å². The average Bonchev–Trinajstić information content (AvgIpc) is 3.14. The second kappa shape index (κ2) is 7.93. The Morgan fingerprint density at radius 2 is 2.39 bits per heavy atom. The number of nitrogens with one attached hydrogen (secondary N) is 1. The van der Waals surface area contributed by atoms with Gasteiger partial charge in [0.1, 0.15) is 5.82 Å². The minimum absolute atomic E-state index is 0.186. The van der Waals surface area contributed by atoms with Crippen LogP contribution in [0.15, 0.2) is 12.4 Å². The van der Waals surface area contributed by atoms with Gasteiger partial charge in [-0.25, -0.2) is 4.98 Å². The number of H-pyrrole nitrogens is 1. The molecule has 1 N–H and O–H groups in total. The van der Waals surface area contributed by atoms with Crippen molar-refractivity contribution in [3.63, 3.8) is 0 Å². The molecule has 2 unspecified atom stereocenters. The summed E-state index contributed by atoms with van der Waals surface area (Å²) in [6.07, 6.45) is 7.57. The lowest BCUT2D eigenvalue weighted by molar-refractivity contribution is -0.134. The number of imidazole rings is 1. The van der Waals surface area contributed by atoms with Crippen molar-refractivity contribution in [1.82, 2.24) is 19.8 Å². The van der Waals surface area contributed by atoms with Gasteiger partial charge < -0.3 is 14.6 Å². The summed E-state index contributed by atoms with van der Waals surface area (Å²) in [7, 11) is 0. The smallest absolute Gasteiger partial charge is 0.222 e. The molecule has 23 heavy (non-hydrogen) atoms. The molecule has 6 nitrogen and oxygen atoms in total. The van der Waals surface area contributed by atoms with E-state index < -0.39 is 0 Å². The molecular formula is C17H28N4O2. The van der Waals surface area contributed by atoms with E-state index in [0.717, 1.165) is 58.1 Å². The Morgan fingerprint density at radius 3 is 3.09 bits per heavy atom. The van der Waals surface area contributed by atoms with Gasteiger partial charge in [-0.1, -0.05) is 6.92 Å². The van der Waals surface area contributed by atoms with Gasteiger partial charge in [-0.2, -0.15) is 0 Å². The van der Waals surface area contributed by atoms with Gasteiger partial charge in [-0.3, -0.25) is 9.69 Å². The predicted octanol–water partition coefficient (Wildman–Crippen LogP) is 1.82. The third-order valence-electron chi connectivity index (χ3n) is 5.11. The predicted molar refractivity (Wildman–Crippen MR) is 87.9 cm³/mol. The van der Waals surface area contributed by atoms with Crippen LogP contribution in [0.2, 0.25) is 0 Å². The first-order valence-corrected chi connectivity index (χ1v) is 8.86. The zero-order valence-corrected chi connectivity index (χ0v) is 14.0. The molecule has 2 aliphatic rings. The van der Waals surface area contributed by atoms with Crippen molar-refractivity contribution < 1.29 is 9.53 Å². The number of aromatic nitrogens is 2. The van der Waals surface area contributed by atoms with Crippen molar-refractivity contribution in [2.75, 3.05) is 39.4 Å². The van der Waals surface area contributed by atoms with Crippen LogP contribution in [0.25, 0.3) is 0 Å². The van der Waals surface area contributed by atoms with E-state index in [4.69, 9.17) is 4.74 Å². The van der Waals surface area contributed by atoms with E-state index in [1.807, 2.05) is 11.1 Å². The van der Waals surface area contributed by atoms with Gasteiger partial charge in [-0.05, 0) is 31.7 Å². The Kier molecular flexibility index (Phi) is 5.67. The number of rotatable bonds is 5. The van der Waals surface area contributed by atoms with E-state index in [1.54, 1.807) is 6.20 Å². The SMILES string of the molecule is CCN1CCN(C(=O)CCC2CCCOC2)CC1c1ncc[nH]1. The summed E-state index contributed by atoms with van der Waals surface area (Å²) in [6, 6.07) is 0.186. The van der Waals surface area contributed by atoms with E-state index in [0.29, 0.717) is 12.3 Å². The quantitative estimate of drug-likeness (QED) is 0.899. The number of carbonyl (C=O) groups excluding carboxylic acids is 1. The minimum Gasteiger partial charge on any atom is -0.381 e. The number of amides is 1. The van der Waals surface area contributed by atoms with Crippen LogP contribution in [0, 0.1) is 5.92 Å². The topological polar surface area (TPSA) is 61.5 Å². The lowest BCUT2D eigenvalue weighted by atomic mass is 9.96. The Bertz CT molecular complexity index is 485.